The predicted molar refractivity (Wildman–Crippen MR) is 55.7 cm³/mol. The van der Waals surface area contributed by atoms with E-state index < -0.39 is 0 Å². The molecule has 2 aliphatic rings. The molecule has 3 heteroatoms. The highest BCUT2D eigenvalue weighted by Gasteiger charge is 2.32. The quantitative estimate of drug-likeness (QED) is 0.683. The lowest BCUT2D eigenvalue weighted by molar-refractivity contribution is -0.129. The van der Waals surface area contributed by atoms with Crippen LogP contribution in [0.25, 0.3) is 0 Å². The van der Waals surface area contributed by atoms with Crippen LogP contribution in [0.2, 0.25) is 0 Å². The third-order valence-corrected chi connectivity index (χ3v) is 3.89. The van der Waals surface area contributed by atoms with Crippen molar-refractivity contribution in [3.05, 3.63) is 0 Å². The van der Waals surface area contributed by atoms with E-state index in [0.29, 0.717) is 12.6 Å². The smallest absolute Gasteiger partial charge is 0.237 e. The molecule has 0 aromatic rings. The molecule has 1 aliphatic heterocycles. The Morgan fingerprint density at radius 2 is 2.07 bits per heavy atom. The normalized spacial score (nSPS) is 39.1. The highest BCUT2D eigenvalue weighted by molar-refractivity contribution is 5.80. The van der Waals surface area contributed by atoms with E-state index in [2.05, 4.69) is 19.2 Å². The zero-order valence-electron chi connectivity index (χ0n) is 9.12. The summed E-state index contributed by atoms with van der Waals surface area (Å²) < 4.78 is 0. The van der Waals surface area contributed by atoms with Gasteiger partial charge in [-0.15, -0.1) is 0 Å². The molecule has 80 valence electrons. The molecule has 0 radical (unpaired) electrons. The van der Waals surface area contributed by atoms with Crippen LogP contribution in [-0.4, -0.2) is 30.1 Å². The number of rotatable bonds is 1. The van der Waals surface area contributed by atoms with Gasteiger partial charge in [-0.25, -0.2) is 0 Å². The maximum atomic E-state index is 11.5. The van der Waals surface area contributed by atoms with Crippen LogP contribution < -0.4 is 5.32 Å². The molecule has 0 spiro atoms. The summed E-state index contributed by atoms with van der Waals surface area (Å²) in [6.45, 7) is 5.95. The maximum absolute atomic E-state index is 11.5. The number of hydrogen-bond acceptors (Lipinski definition) is 2. The first-order valence-corrected chi connectivity index (χ1v) is 5.68. The Bertz CT molecular complexity index is 229. The fourth-order valence-corrected chi connectivity index (χ4v) is 2.61. The molecule has 0 aromatic heterocycles. The summed E-state index contributed by atoms with van der Waals surface area (Å²) in [5, 5.41) is 3.12. The van der Waals surface area contributed by atoms with E-state index in [1.54, 1.807) is 0 Å². The van der Waals surface area contributed by atoms with Gasteiger partial charge in [0.25, 0.3) is 0 Å². The van der Waals surface area contributed by atoms with Crippen LogP contribution in [0.15, 0.2) is 0 Å². The lowest BCUT2D eigenvalue weighted by Gasteiger charge is -2.36. The number of amides is 1. The predicted octanol–water partition coefficient (Wildman–Crippen LogP) is 1.20. The molecule has 0 aromatic carbocycles. The second-order valence-corrected chi connectivity index (χ2v) is 4.87. The number of nitrogens with one attached hydrogen (secondary N) is 1. The highest BCUT2D eigenvalue weighted by Crippen LogP contribution is 2.32. The van der Waals surface area contributed by atoms with Crippen molar-refractivity contribution in [3.8, 4) is 0 Å². The largest absolute Gasteiger partial charge is 0.326 e. The summed E-state index contributed by atoms with van der Waals surface area (Å²) in [6, 6.07) is 0.503. The monoisotopic (exact) mass is 196 g/mol. The zero-order chi connectivity index (χ0) is 10.1. The molecule has 1 aliphatic carbocycles. The fourth-order valence-electron chi connectivity index (χ4n) is 2.61. The van der Waals surface area contributed by atoms with Gasteiger partial charge in [0.15, 0.2) is 0 Å². The third kappa shape index (κ3) is 1.78. The molecule has 0 bridgehead atoms. The van der Waals surface area contributed by atoms with Crippen molar-refractivity contribution in [2.24, 2.45) is 11.8 Å². The van der Waals surface area contributed by atoms with Gasteiger partial charge in [0.1, 0.15) is 0 Å². The Labute approximate surface area is 85.8 Å². The Morgan fingerprint density at radius 1 is 1.29 bits per heavy atom. The SMILES string of the molecule is CC1CCC(N2CNCC2=O)CC1C. The highest BCUT2D eigenvalue weighted by atomic mass is 16.2. The van der Waals surface area contributed by atoms with E-state index in [1.807, 2.05) is 4.90 Å². The molecule has 2 rings (SSSR count). The number of carbonyl (C=O) groups excluding carboxylic acids is 1. The minimum absolute atomic E-state index is 0.289. The molecular formula is C11H20N2O. The summed E-state index contributed by atoms with van der Waals surface area (Å²) in [7, 11) is 0. The minimum atomic E-state index is 0.289. The average Bonchev–Trinajstić information content (AvgIpc) is 2.57. The van der Waals surface area contributed by atoms with Gasteiger partial charge in [0.05, 0.1) is 13.2 Å². The summed E-state index contributed by atoms with van der Waals surface area (Å²) in [5.41, 5.74) is 0. The van der Waals surface area contributed by atoms with E-state index in [9.17, 15) is 4.79 Å². The van der Waals surface area contributed by atoms with E-state index in [0.717, 1.165) is 18.5 Å². The van der Waals surface area contributed by atoms with Gasteiger partial charge in [0.2, 0.25) is 5.91 Å². The molecule has 3 atom stereocenters. The molecule has 1 saturated heterocycles. The summed E-state index contributed by atoms with van der Waals surface area (Å²) in [5.74, 6) is 1.89. The van der Waals surface area contributed by atoms with E-state index in [1.165, 1.54) is 19.3 Å². The minimum Gasteiger partial charge on any atom is -0.326 e. The molecule has 1 N–H and O–H groups in total. The van der Waals surface area contributed by atoms with Crippen molar-refractivity contribution in [2.45, 2.75) is 39.2 Å². The summed E-state index contributed by atoms with van der Waals surface area (Å²) >= 11 is 0. The van der Waals surface area contributed by atoms with Gasteiger partial charge < -0.3 is 4.90 Å². The van der Waals surface area contributed by atoms with E-state index in [-0.39, 0.29) is 5.91 Å². The van der Waals surface area contributed by atoms with Crippen LogP contribution in [-0.2, 0) is 4.79 Å². The number of hydrogen-bond donors (Lipinski definition) is 1. The van der Waals surface area contributed by atoms with Gasteiger partial charge in [-0.2, -0.15) is 0 Å². The van der Waals surface area contributed by atoms with Crippen molar-refractivity contribution in [1.29, 1.82) is 0 Å². The van der Waals surface area contributed by atoms with Crippen LogP contribution in [0.5, 0.6) is 0 Å². The van der Waals surface area contributed by atoms with Gasteiger partial charge in [0, 0.05) is 6.04 Å². The molecule has 1 amide bonds. The van der Waals surface area contributed by atoms with Crippen molar-refractivity contribution >= 4 is 5.91 Å². The summed E-state index contributed by atoms with van der Waals surface area (Å²) in [4.78, 5) is 13.6. The third-order valence-electron chi connectivity index (χ3n) is 3.89. The molecule has 3 nitrogen and oxygen atoms in total. The Morgan fingerprint density at radius 3 is 2.64 bits per heavy atom. The maximum Gasteiger partial charge on any atom is 0.237 e. The van der Waals surface area contributed by atoms with Gasteiger partial charge in [-0.3, -0.25) is 10.1 Å². The molecule has 3 unspecified atom stereocenters. The van der Waals surface area contributed by atoms with Crippen LogP contribution in [0.3, 0.4) is 0 Å². The van der Waals surface area contributed by atoms with Crippen LogP contribution in [0.4, 0.5) is 0 Å². The molecule has 14 heavy (non-hydrogen) atoms. The Hall–Kier alpha value is -0.570. The van der Waals surface area contributed by atoms with Crippen molar-refractivity contribution in [1.82, 2.24) is 10.2 Å². The number of nitrogens with zero attached hydrogens (tertiary/aromatic N) is 1. The van der Waals surface area contributed by atoms with E-state index in [4.69, 9.17) is 0 Å². The van der Waals surface area contributed by atoms with Gasteiger partial charge >= 0.3 is 0 Å². The number of carbonyl (C=O) groups is 1. The van der Waals surface area contributed by atoms with Gasteiger partial charge in [-0.1, -0.05) is 13.8 Å². The first-order valence-electron chi connectivity index (χ1n) is 5.68. The van der Waals surface area contributed by atoms with Gasteiger partial charge in [-0.05, 0) is 31.1 Å². The topological polar surface area (TPSA) is 32.3 Å². The van der Waals surface area contributed by atoms with Crippen molar-refractivity contribution < 1.29 is 4.79 Å². The van der Waals surface area contributed by atoms with Crippen molar-refractivity contribution in [2.75, 3.05) is 13.2 Å². The average molecular weight is 196 g/mol. The standard InChI is InChI=1S/C11H20N2O/c1-8-3-4-10(5-9(8)2)13-7-12-6-11(13)14/h8-10,12H,3-7H2,1-2H3. The Kier molecular flexibility index (Phi) is 2.77. The van der Waals surface area contributed by atoms with Crippen LogP contribution in [0.1, 0.15) is 33.1 Å². The zero-order valence-corrected chi connectivity index (χ0v) is 9.12. The van der Waals surface area contributed by atoms with Crippen LogP contribution in [0, 0.1) is 11.8 Å². The van der Waals surface area contributed by atoms with E-state index >= 15 is 0 Å². The lowest BCUT2D eigenvalue weighted by atomic mass is 9.78. The summed E-state index contributed by atoms with van der Waals surface area (Å²) in [6.07, 6.45) is 3.66. The second kappa shape index (κ2) is 3.89. The fraction of sp³-hybridized carbons (Fsp3) is 0.909. The molecule has 2 fully saturated rings. The molecular weight excluding hydrogens is 176 g/mol. The lowest BCUT2D eigenvalue weighted by Crippen LogP contribution is -2.41. The Balaban J connectivity index is 1.95. The van der Waals surface area contributed by atoms with Crippen molar-refractivity contribution in [3.63, 3.8) is 0 Å². The molecule has 1 heterocycles. The first kappa shape index (κ1) is 9.97. The first-order chi connectivity index (χ1) is 6.68. The van der Waals surface area contributed by atoms with Crippen LogP contribution >= 0.6 is 0 Å². The molecule has 1 saturated carbocycles. The second-order valence-electron chi connectivity index (χ2n) is 4.87.